The molecule has 7 nitrogen and oxygen atoms in total. The number of amides is 1. The predicted octanol–water partition coefficient (Wildman–Crippen LogP) is 4.49. The number of carbonyl (C=O) groups excluding carboxylic acids is 1. The van der Waals surface area contributed by atoms with E-state index in [-0.39, 0.29) is 12.0 Å². The lowest BCUT2D eigenvalue weighted by Crippen LogP contribution is -2.49. The van der Waals surface area contributed by atoms with Crippen LogP contribution >= 0.6 is 11.9 Å². The first-order valence-corrected chi connectivity index (χ1v) is 12.8. The Morgan fingerprint density at radius 3 is 2.33 bits per heavy atom. The molecule has 0 spiro atoms. The van der Waals surface area contributed by atoms with Gasteiger partial charge < -0.3 is 19.2 Å². The molecule has 192 valence electrons. The fraction of sp³-hybridized carbons (Fsp3) is 0.393. The van der Waals surface area contributed by atoms with Gasteiger partial charge in [0.15, 0.2) is 0 Å². The highest BCUT2D eigenvalue weighted by molar-refractivity contribution is 7.97. The van der Waals surface area contributed by atoms with Crippen LogP contribution in [-0.4, -0.2) is 65.5 Å². The summed E-state index contributed by atoms with van der Waals surface area (Å²) in [6.07, 6.45) is 1.36. The number of nitrogens with zero attached hydrogens (tertiary/aromatic N) is 3. The third-order valence-electron chi connectivity index (χ3n) is 6.33. The van der Waals surface area contributed by atoms with Gasteiger partial charge in [0.25, 0.3) is 5.91 Å². The first-order chi connectivity index (χ1) is 17.2. The number of rotatable bonds is 10. The summed E-state index contributed by atoms with van der Waals surface area (Å²) in [5.41, 5.74) is 5.15. The first kappa shape index (κ1) is 26.3. The zero-order valence-electron chi connectivity index (χ0n) is 21.7. The van der Waals surface area contributed by atoms with E-state index in [2.05, 4.69) is 47.3 Å². The van der Waals surface area contributed by atoms with Crippen LogP contribution in [-0.2, 0) is 19.6 Å². The lowest BCUT2D eigenvalue weighted by Gasteiger charge is -2.35. The number of ether oxygens (including phenoxy) is 1. The molecule has 3 aromatic rings. The van der Waals surface area contributed by atoms with Crippen molar-refractivity contribution in [3.8, 4) is 5.75 Å². The molecule has 0 bridgehead atoms. The van der Waals surface area contributed by atoms with E-state index in [1.165, 1.54) is 10.5 Å². The zero-order valence-corrected chi connectivity index (χ0v) is 22.5. The largest absolute Gasteiger partial charge is 0.497 e. The SMILES string of the molecule is COc1cc(C)c(SN(C)Cc2cc(C(=O)N(C)Cc3ccc(CN4CC(O)C4)cc3)co2)c(C)c1. The van der Waals surface area contributed by atoms with E-state index in [4.69, 9.17) is 9.15 Å². The minimum absolute atomic E-state index is 0.0687. The minimum Gasteiger partial charge on any atom is -0.497 e. The monoisotopic (exact) mass is 509 g/mol. The number of hydrogen-bond donors (Lipinski definition) is 1. The molecule has 1 amide bonds. The van der Waals surface area contributed by atoms with Crippen LogP contribution in [0.1, 0.15) is 38.4 Å². The van der Waals surface area contributed by atoms with Crippen molar-refractivity contribution in [1.29, 1.82) is 0 Å². The highest BCUT2D eigenvalue weighted by Gasteiger charge is 2.24. The minimum atomic E-state index is -0.187. The van der Waals surface area contributed by atoms with Crippen molar-refractivity contribution in [2.24, 2.45) is 0 Å². The van der Waals surface area contributed by atoms with E-state index in [0.29, 0.717) is 18.7 Å². The summed E-state index contributed by atoms with van der Waals surface area (Å²) < 4.78 is 13.2. The molecule has 2 aromatic carbocycles. The molecule has 0 unspecified atom stereocenters. The fourth-order valence-electron chi connectivity index (χ4n) is 4.40. The van der Waals surface area contributed by atoms with Gasteiger partial charge in [0.2, 0.25) is 0 Å². The molecule has 1 aliphatic rings. The number of aliphatic hydroxyl groups excluding tert-OH is 1. The zero-order chi connectivity index (χ0) is 25.8. The predicted molar refractivity (Wildman–Crippen MR) is 142 cm³/mol. The van der Waals surface area contributed by atoms with Crippen LogP contribution in [0.25, 0.3) is 0 Å². The molecule has 8 heteroatoms. The summed E-state index contributed by atoms with van der Waals surface area (Å²) in [6.45, 7) is 7.57. The highest BCUT2D eigenvalue weighted by atomic mass is 32.2. The Morgan fingerprint density at radius 1 is 1.08 bits per heavy atom. The highest BCUT2D eigenvalue weighted by Crippen LogP contribution is 2.32. The van der Waals surface area contributed by atoms with Gasteiger partial charge in [-0.2, -0.15) is 0 Å². The summed E-state index contributed by atoms with van der Waals surface area (Å²) in [6, 6.07) is 14.2. The quantitative estimate of drug-likeness (QED) is 0.404. The molecule has 1 aliphatic heterocycles. The van der Waals surface area contributed by atoms with E-state index < -0.39 is 0 Å². The van der Waals surface area contributed by atoms with Gasteiger partial charge in [0.05, 0.1) is 25.3 Å². The summed E-state index contributed by atoms with van der Waals surface area (Å²) in [5, 5.41) is 9.43. The van der Waals surface area contributed by atoms with E-state index in [1.54, 1.807) is 30.2 Å². The van der Waals surface area contributed by atoms with Gasteiger partial charge in [-0.1, -0.05) is 24.3 Å². The standard InChI is InChI=1S/C28H35N3O4S/c1-19-10-25(34-5)11-20(2)27(19)36-30(4)17-26-12-23(18-35-26)28(33)29(3)13-21-6-8-22(9-7-21)14-31-15-24(32)16-31/h6-12,18,24,32H,13-17H2,1-5H3. The van der Waals surface area contributed by atoms with Crippen LogP contribution < -0.4 is 4.74 Å². The number of aliphatic hydroxyl groups is 1. The molecule has 0 radical (unpaired) electrons. The van der Waals surface area contributed by atoms with Crippen molar-refractivity contribution in [3.05, 3.63) is 82.3 Å². The van der Waals surface area contributed by atoms with E-state index in [0.717, 1.165) is 47.8 Å². The molecule has 0 saturated carbocycles. The lowest BCUT2D eigenvalue weighted by atomic mass is 10.1. The molecular formula is C28H35N3O4S. The van der Waals surface area contributed by atoms with E-state index in [9.17, 15) is 9.90 Å². The van der Waals surface area contributed by atoms with E-state index >= 15 is 0 Å². The number of methoxy groups -OCH3 is 1. The Morgan fingerprint density at radius 2 is 1.72 bits per heavy atom. The summed E-state index contributed by atoms with van der Waals surface area (Å²) >= 11 is 1.65. The van der Waals surface area contributed by atoms with Crippen molar-refractivity contribution >= 4 is 17.9 Å². The Bertz CT molecular complexity index is 1160. The molecule has 1 fully saturated rings. The van der Waals surface area contributed by atoms with Gasteiger partial charge in [0.1, 0.15) is 17.8 Å². The Balaban J connectivity index is 1.30. The molecule has 2 heterocycles. The van der Waals surface area contributed by atoms with Crippen molar-refractivity contribution in [1.82, 2.24) is 14.1 Å². The summed E-state index contributed by atoms with van der Waals surface area (Å²) in [7, 11) is 5.50. The maximum Gasteiger partial charge on any atom is 0.257 e. The van der Waals surface area contributed by atoms with Gasteiger partial charge in [-0.15, -0.1) is 0 Å². The molecule has 36 heavy (non-hydrogen) atoms. The second-order valence-electron chi connectivity index (χ2n) is 9.59. The first-order valence-electron chi connectivity index (χ1n) is 12.1. The van der Waals surface area contributed by atoms with Crippen molar-refractivity contribution < 1.29 is 19.1 Å². The van der Waals surface area contributed by atoms with Crippen LogP contribution in [0.15, 0.2) is 58.0 Å². The molecule has 0 atom stereocenters. The normalized spacial score (nSPS) is 14.2. The molecule has 1 aromatic heterocycles. The lowest BCUT2D eigenvalue weighted by molar-refractivity contribution is -0.00286. The Kier molecular flexibility index (Phi) is 8.41. The van der Waals surface area contributed by atoms with Crippen molar-refractivity contribution in [3.63, 3.8) is 0 Å². The van der Waals surface area contributed by atoms with Gasteiger partial charge in [-0.3, -0.25) is 9.69 Å². The van der Waals surface area contributed by atoms with Crippen LogP contribution in [0.4, 0.5) is 0 Å². The van der Waals surface area contributed by atoms with Crippen LogP contribution in [0.5, 0.6) is 5.75 Å². The maximum absolute atomic E-state index is 13.0. The van der Waals surface area contributed by atoms with Crippen molar-refractivity contribution in [2.45, 2.75) is 44.5 Å². The summed E-state index contributed by atoms with van der Waals surface area (Å²) in [4.78, 5) is 18.1. The number of benzene rings is 2. The molecule has 1 saturated heterocycles. The number of carbonyl (C=O) groups is 1. The van der Waals surface area contributed by atoms with Crippen LogP contribution in [0, 0.1) is 13.8 Å². The third-order valence-corrected chi connectivity index (χ3v) is 7.60. The maximum atomic E-state index is 13.0. The second-order valence-corrected chi connectivity index (χ2v) is 10.8. The van der Waals surface area contributed by atoms with Crippen LogP contribution in [0.2, 0.25) is 0 Å². The van der Waals surface area contributed by atoms with Gasteiger partial charge >= 0.3 is 0 Å². The number of β-amino-alcohol motifs (C(OH)–C–C–N with tert-alkyl or cyclic N) is 1. The number of hydrogen-bond acceptors (Lipinski definition) is 7. The van der Waals surface area contributed by atoms with Gasteiger partial charge in [0, 0.05) is 38.1 Å². The van der Waals surface area contributed by atoms with E-state index in [1.807, 2.05) is 32.3 Å². The molecule has 0 aliphatic carbocycles. The van der Waals surface area contributed by atoms with Crippen LogP contribution in [0.3, 0.4) is 0 Å². The number of aryl methyl sites for hydroxylation is 2. The third kappa shape index (κ3) is 6.50. The smallest absolute Gasteiger partial charge is 0.257 e. The molecular weight excluding hydrogens is 474 g/mol. The Labute approximate surface area is 217 Å². The Hall–Kier alpha value is -2.78. The van der Waals surface area contributed by atoms with Gasteiger partial charge in [-0.25, -0.2) is 4.31 Å². The molecule has 1 N–H and O–H groups in total. The van der Waals surface area contributed by atoms with Gasteiger partial charge in [-0.05, 0) is 73.3 Å². The summed E-state index contributed by atoms with van der Waals surface area (Å²) in [5.74, 6) is 1.53. The fourth-order valence-corrected chi connectivity index (χ4v) is 5.31. The number of likely N-dealkylation sites (tertiary alicyclic amines) is 1. The topological polar surface area (TPSA) is 69.4 Å². The molecule has 4 rings (SSSR count). The second kappa shape index (κ2) is 11.5. The average Bonchev–Trinajstić information content (AvgIpc) is 3.29. The van der Waals surface area contributed by atoms with Crippen molar-refractivity contribution in [2.75, 3.05) is 34.3 Å². The number of furan rings is 1. The average molecular weight is 510 g/mol.